The van der Waals surface area contributed by atoms with Crippen LogP contribution < -0.4 is 9.47 Å². The molecule has 0 aliphatic carbocycles. The van der Waals surface area contributed by atoms with E-state index in [1.807, 2.05) is 0 Å². The Morgan fingerprint density at radius 3 is 2.24 bits per heavy atom. The van der Waals surface area contributed by atoms with Crippen molar-refractivity contribution in [2.75, 3.05) is 14.2 Å². The predicted octanol–water partition coefficient (Wildman–Crippen LogP) is 5.23. The molecule has 0 bridgehead atoms. The summed E-state index contributed by atoms with van der Waals surface area (Å²) in [4.78, 5) is -0.500. The number of benzene rings is 2. The summed E-state index contributed by atoms with van der Waals surface area (Å²) in [6.45, 7) is 0. The van der Waals surface area contributed by atoms with E-state index in [1.54, 1.807) is 18.2 Å². The Morgan fingerprint density at radius 2 is 1.62 bits per heavy atom. The van der Waals surface area contributed by atoms with E-state index < -0.39 is 16.5 Å². The van der Waals surface area contributed by atoms with E-state index in [2.05, 4.69) is 31.9 Å². The summed E-state index contributed by atoms with van der Waals surface area (Å²) in [6.07, 6.45) is 0. The average Bonchev–Trinajstić information content (AvgIpc) is 2.49. The minimum atomic E-state index is -0.517. The first-order valence-electron chi connectivity index (χ1n) is 5.98. The van der Waals surface area contributed by atoms with Gasteiger partial charge < -0.3 is 9.47 Å². The summed E-state index contributed by atoms with van der Waals surface area (Å²) in [7, 11) is 3.05. The van der Waals surface area contributed by atoms with Crippen molar-refractivity contribution in [3.8, 4) is 11.5 Å². The van der Waals surface area contributed by atoms with Crippen LogP contribution >= 0.6 is 31.9 Å². The Bertz CT molecular complexity index is 662. The van der Waals surface area contributed by atoms with Gasteiger partial charge in [0.25, 0.3) is 0 Å². The van der Waals surface area contributed by atoms with Crippen LogP contribution in [0.2, 0.25) is 0 Å². The quantitative estimate of drug-likeness (QED) is 0.497. The van der Waals surface area contributed by atoms with Crippen molar-refractivity contribution in [1.82, 2.24) is 0 Å². The van der Waals surface area contributed by atoms with E-state index in [1.165, 1.54) is 14.2 Å². The van der Waals surface area contributed by atoms with Crippen molar-refractivity contribution in [2.24, 2.45) is 0 Å². The Balaban J connectivity index is 2.45. The van der Waals surface area contributed by atoms with Gasteiger partial charge >= 0.3 is 0 Å². The minimum Gasteiger partial charge on any atom is -0.493 e. The highest BCUT2D eigenvalue weighted by atomic mass is 79.9. The van der Waals surface area contributed by atoms with Gasteiger partial charge in [-0.3, -0.25) is 0 Å². The number of alkyl halides is 1. The maximum Gasteiger partial charge on any atom is 0.161 e. The number of rotatable bonds is 4. The van der Waals surface area contributed by atoms with Gasteiger partial charge in [0.1, 0.15) is 11.6 Å². The van der Waals surface area contributed by atoms with E-state index in [-0.39, 0.29) is 10.0 Å². The number of hydrogen-bond acceptors (Lipinski definition) is 2. The number of halogens is 4. The maximum atomic E-state index is 14.0. The molecule has 0 heterocycles. The third-order valence-electron chi connectivity index (χ3n) is 3.01. The lowest BCUT2D eigenvalue weighted by Crippen LogP contribution is -2.00. The van der Waals surface area contributed by atoms with Crippen LogP contribution in [-0.2, 0) is 0 Å². The Kier molecular flexibility index (Phi) is 5.22. The van der Waals surface area contributed by atoms with E-state index >= 15 is 0 Å². The smallest absolute Gasteiger partial charge is 0.161 e. The van der Waals surface area contributed by atoms with E-state index in [0.29, 0.717) is 11.5 Å². The van der Waals surface area contributed by atoms with Crippen molar-refractivity contribution in [2.45, 2.75) is 4.83 Å². The van der Waals surface area contributed by atoms with Crippen LogP contribution in [-0.4, -0.2) is 14.2 Å². The van der Waals surface area contributed by atoms with E-state index in [0.717, 1.165) is 17.7 Å². The molecule has 0 spiro atoms. The first kappa shape index (κ1) is 16.2. The zero-order valence-electron chi connectivity index (χ0n) is 11.3. The summed E-state index contributed by atoms with van der Waals surface area (Å²) in [5, 5.41) is 0. The molecular formula is C15H12Br2F2O2. The molecule has 0 aliphatic rings. The molecule has 2 nitrogen and oxygen atoms in total. The molecule has 2 aromatic carbocycles. The number of methoxy groups -OCH3 is 2. The van der Waals surface area contributed by atoms with Crippen LogP contribution in [0.1, 0.15) is 16.0 Å². The van der Waals surface area contributed by atoms with Gasteiger partial charge in [-0.2, -0.15) is 0 Å². The topological polar surface area (TPSA) is 18.5 Å². The van der Waals surface area contributed by atoms with Gasteiger partial charge in [-0.25, -0.2) is 8.78 Å². The zero-order valence-corrected chi connectivity index (χ0v) is 14.5. The van der Waals surface area contributed by atoms with Crippen molar-refractivity contribution < 1.29 is 18.3 Å². The summed E-state index contributed by atoms with van der Waals surface area (Å²) < 4.78 is 38.1. The van der Waals surface area contributed by atoms with Crippen LogP contribution in [0.15, 0.2) is 34.8 Å². The first-order valence-corrected chi connectivity index (χ1v) is 7.69. The summed E-state index contributed by atoms with van der Waals surface area (Å²) >= 11 is 6.36. The van der Waals surface area contributed by atoms with Crippen LogP contribution in [0.3, 0.4) is 0 Å². The number of ether oxygens (including phenoxy) is 2. The standard InChI is InChI=1S/C15H12Br2F2O2/c1-20-13-4-3-8(5-14(13)21-2)15(17)9-6-12(19)10(16)7-11(9)18/h3-7,15H,1-2H3. The molecule has 0 saturated carbocycles. The molecule has 0 fully saturated rings. The molecule has 0 aromatic heterocycles. The second kappa shape index (κ2) is 6.75. The van der Waals surface area contributed by atoms with Crippen molar-refractivity contribution in [3.05, 3.63) is 57.6 Å². The summed E-state index contributed by atoms with van der Waals surface area (Å²) in [6, 6.07) is 7.47. The van der Waals surface area contributed by atoms with Crippen LogP contribution in [0.25, 0.3) is 0 Å². The fourth-order valence-electron chi connectivity index (χ4n) is 1.92. The molecule has 6 heteroatoms. The highest BCUT2D eigenvalue weighted by Crippen LogP contribution is 2.38. The zero-order chi connectivity index (χ0) is 15.6. The average molecular weight is 422 g/mol. The lowest BCUT2D eigenvalue weighted by molar-refractivity contribution is 0.354. The normalized spacial score (nSPS) is 12.1. The molecule has 0 N–H and O–H groups in total. The maximum absolute atomic E-state index is 14.0. The lowest BCUT2D eigenvalue weighted by Gasteiger charge is -2.15. The minimum absolute atomic E-state index is 0.0933. The molecular weight excluding hydrogens is 410 g/mol. The summed E-state index contributed by atoms with van der Waals surface area (Å²) in [5.41, 5.74) is 0.941. The molecule has 21 heavy (non-hydrogen) atoms. The Hall–Kier alpha value is -1.14. The molecule has 0 radical (unpaired) electrons. The molecule has 1 atom stereocenters. The third-order valence-corrected chi connectivity index (χ3v) is 4.64. The molecule has 0 saturated heterocycles. The molecule has 1 unspecified atom stereocenters. The second-order valence-corrected chi connectivity index (χ2v) is 6.03. The van der Waals surface area contributed by atoms with Crippen LogP contribution in [0.4, 0.5) is 8.78 Å². The predicted molar refractivity (Wildman–Crippen MR) is 84.4 cm³/mol. The van der Waals surface area contributed by atoms with E-state index in [9.17, 15) is 8.78 Å². The molecule has 0 amide bonds. The van der Waals surface area contributed by atoms with Gasteiger partial charge in [-0.05, 0) is 45.8 Å². The fraction of sp³-hybridized carbons (Fsp3) is 0.200. The molecule has 2 aromatic rings. The third kappa shape index (κ3) is 3.37. The molecule has 2 rings (SSSR count). The van der Waals surface area contributed by atoms with Crippen molar-refractivity contribution >= 4 is 31.9 Å². The monoisotopic (exact) mass is 420 g/mol. The van der Waals surface area contributed by atoms with E-state index in [4.69, 9.17) is 9.47 Å². The number of hydrogen-bond donors (Lipinski definition) is 0. The molecule has 112 valence electrons. The Labute approximate surface area is 138 Å². The highest BCUT2D eigenvalue weighted by Gasteiger charge is 2.19. The van der Waals surface area contributed by atoms with Crippen molar-refractivity contribution in [3.63, 3.8) is 0 Å². The van der Waals surface area contributed by atoms with Gasteiger partial charge in [0.15, 0.2) is 11.5 Å². The van der Waals surface area contributed by atoms with Crippen LogP contribution in [0.5, 0.6) is 11.5 Å². The largest absolute Gasteiger partial charge is 0.493 e. The van der Waals surface area contributed by atoms with Gasteiger partial charge in [0, 0.05) is 5.56 Å². The summed E-state index contributed by atoms with van der Waals surface area (Å²) in [5.74, 6) is 0.0807. The molecule has 0 aliphatic heterocycles. The van der Waals surface area contributed by atoms with Crippen molar-refractivity contribution in [1.29, 1.82) is 0 Å². The van der Waals surface area contributed by atoms with Gasteiger partial charge in [-0.15, -0.1) is 0 Å². The van der Waals surface area contributed by atoms with Gasteiger partial charge in [-0.1, -0.05) is 22.0 Å². The van der Waals surface area contributed by atoms with Crippen LogP contribution in [0, 0.1) is 11.6 Å². The van der Waals surface area contributed by atoms with Gasteiger partial charge in [0.2, 0.25) is 0 Å². The highest BCUT2D eigenvalue weighted by molar-refractivity contribution is 9.10. The SMILES string of the molecule is COc1ccc(C(Br)c2cc(F)c(Br)cc2F)cc1OC. The lowest BCUT2D eigenvalue weighted by atomic mass is 10.0. The van der Waals surface area contributed by atoms with Gasteiger partial charge in [0.05, 0.1) is 23.5 Å². The second-order valence-electron chi connectivity index (χ2n) is 4.26. The first-order chi connectivity index (χ1) is 9.97. The Morgan fingerprint density at radius 1 is 0.952 bits per heavy atom. The fourth-order valence-corrected chi connectivity index (χ4v) is 2.87.